The van der Waals surface area contributed by atoms with E-state index in [0.29, 0.717) is 19.4 Å². The number of H-pyrrole nitrogens is 1. The molecule has 30 heavy (non-hydrogen) atoms. The summed E-state index contributed by atoms with van der Waals surface area (Å²) in [5, 5.41) is 4.05. The molecule has 4 rings (SSSR count). The number of hydrogen-bond donors (Lipinski definition) is 2. The summed E-state index contributed by atoms with van der Waals surface area (Å²) >= 11 is 0. The summed E-state index contributed by atoms with van der Waals surface area (Å²) in [5.41, 5.74) is 6.39. The van der Waals surface area contributed by atoms with Crippen LogP contribution in [0.25, 0.3) is 11.0 Å². The molecule has 4 aromatic rings. The lowest BCUT2D eigenvalue weighted by Gasteiger charge is -2.06. The van der Waals surface area contributed by atoms with Crippen molar-refractivity contribution >= 4 is 23.2 Å². The molecule has 6 heteroatoms. The van der Waals surface area contributed by atoms with Crippen molar-refractivity contribution in [3.05, 3.63) is 95.8 Å². The zero-order valence-corrected chi connectivity index (χ0v) is 16.4. The van der Waals surface area contributed by atoms with Crippen molar-refractivity contribution in [2.24, 2.45) is 5.10 Å². The lowest BCUT2D eigenvalue weighted by Crippen LogP contribution is -2.18. The van der Waals surface area contributed by atoms with Gasteiger partial charge in [-0.2, -0.15) is 5.10 Å². The van der Waals surface area contributed by atoms with E-state index in [1.807, 2.05) is 78.9 Å². The van der Waals surface area contributed by atoms with Gasteiger partial charge in [0.1, 0.15) is 18.2 Å². The molecule has 0 bridgehead atoms. The second-order valence-corrected chi connectivity index (χ2v) is 6.84. The van der Waals surface area contributed by atoms with Gasteiger partial charge in [-0.15, -0.1) is 0 Å². The maximum absolute atomic E-state index is 12.1. The molecule has 0 fully saturated rings. The number of para-hydroxylation sites is 2. The molecule has 0 aliphatic carbocycles. The van der Waals surface area contributed by atoms with E-state index in [0.717, 1.165) is 33.7 Å². The first-order chi connectivity index (χ1) is 14.8. The number of hydrogen-bond acceptors (Lipinski definition) is 4. The van der Waals surface area contributed by atoms with Crippen molar-refractivity contribution in [2.75, 3.05) is 0 Å². The van der Waals surface area contributed by atoms with Crippen molar-refractivity contribution in [1.82, 2.24) is 15.4 Å². The monoisotopic (exact) mass is 398 g/mol. The first-order valence-electron chi connectivity index (χ1n) is 9.78. The summed E-state index contributed by atoms with van der Waals surface area (Å²) < 4.78 is 5.81. The quantitative estimate of drug-likeness (QED) is 0.344. The van der Waals surface area contributed by atoms with Crippen LogP contribution in [0, 0.1) is 0 Å². The van der Waals surface area contributed by atoms with Crippen LogP contribution in [0.1, 0.15) is 23.4 Å². The Morgan fingerprint density at radius 1 is 1.03 bits per heavy atom. The second kappa shape index (κ2) is 9.52. The van der Waals surface area contributed by atoms with Crippen LogP contribution < -0.4 is 10.2 Å². The van der Waals surface area contributed by atoms with Crippen LogP contribution in [-0.4, -0.2) is 22.1 Å². The number of carbonyl (C=O) groups is 1. The highest BCUT2D eigenvalue weighted by atomic mass is 16.5. The third-order valence-electron chi connectivity index (χ3n) is 4.54. The van der Waals surface area contributed by atoms with E-state index < -0.39 is 0 Å². The minimum atomic E-state index is -0.164. The Morgan fingerprint density at radius 3 is 2.73 bits per heavy atom. The van der Waals surface area contributed by atoms with Crippen LogP contribution in [0.2, 0.25) is 0 Å². The molecule has 0 spiro atoms. The average molecular weight is 398 g/mol. The van der Waals surface area contributed by atoms with Gasteiger partial charge in [0.25, 0.3) is 0 Å². The Labute approximate surface area is 174 Å². The van der Waals surface area contributed by atoms with Crippen LogP contribution in [0.15, 0.2) is 84.0 Å². The molecule has 0 aliphatic heterocycles. The molecular weight excluding hydrogens is 376 g/mol. The largest absolute Gasteiger partial charge is 0.489 e. The number of rotatable bonds is 8. The number of nitrogens with one attached hydrogen (secondary N) is 2. The van der Waals surface area contributed by atoms with Crippen molar-refractivity contribution in [3.63, 3.8) is 0 Å². The first-order valence-corrected chi connectivity index (χ1v) is 9.78. The molecule has 0 unspecified atom stereocenters. The normalized spacial score (nSPS) is 11.1. The van der Waals surface area contributed by atoms with Gasteiger partial charge in [-0.1, -0.05) is 54.6 Å². The molecule has 2 N–H and O–H groups in total. The van der Waals surface area contributed by atoms with E-state index in [9.17, 15) is 4.79 Å². The molecule has 1 amide bonds. The zero-order valence-electron chi connectivity index (χ0n) is 16.4. The molecule has 0 radical (unpaired) electrons. The number of aromatic nitrogens is 2. The Kier molecular flexibility index (Phi) is 6.15. The first kappa shape index (κ1) is 19.4. The molecular formula is C24H22N4O2. The van der Waals surface area contributed by atoms with Crippen molar-refractivity contribution in [3.8, 4) is 5.75 Å². The third kappa shape index (κ3) is 5.32. The molecule has 150 valence electrons. The fourth-order valence-electron chi connectivity index (χ4n) is 3.02. The lowest BCUT2D eigenvalue weighted by atomic mass is 10.2. The van der Waals surface area contributed by atoms with Gasteiger partial charge in [0.15, 0.2) is 0 Å². The van der Waals surface area contributed by atoms with Crippen LogP contribution in [-0.2, 0) is 17.8 Å². The molecule has 6 nitrogen and oxygen atoms in total. The van der Waals surface area contributed by atoms with E-state index in [4.69, 9.17) is 4.74 Å². The highest BCUT2D eigenvalue weighted by Gasteiger charge is 2.05. The fourth-order valence-corrected chi connectivity index (χ4v) is 3.02. The number of ether oxygens (including phenoxy) is 1. The summed E-state index contributed by atoms with van der Waals surface area (Å²) in [5.74, 6) is 1.38. The van der Waals surface area contributed by atoms with Gasteiger partial charge in [0.2, 0.25) is 5.91 Å². The number of hydrazone groups is 1. The lowest BCUT2D eigenvalue weighted by molar-refractivity contribution is -0.121. The van der Waals surface area contributed by atoms with E-state index in [1.165, 1.54) is 0 Å². The Bertz CT molecular complexity index is 1120. The van der Waals surface area contributed by atoms with Crippen molar-refractivity contribution in [2.45, 2.75) is 19.4 Å². The number of carbonyl (C=O) groups excluding carboxylic acids is 1. The van der Waals surface area contributed by atoms with Crippen molar-refractivity contribution in [1.29, 1.82) is 0 Å². The average Bonchev–Trinajstić information content (AvgIpc) is 3.20. The van der Waals surface area contributed by atoms with Crippen LogP contribution in [0.5, 0.6) is 5.75 Å². The summed E-state index contributed by atoms with van der Waals surface area (Å²) in [6.07, 6.45) is 2.44. The number of fused-ring (bicyclic) bond motifs is 1. The van der Waals surface area contributed by atoms with Crippen LogP contribution >= 0.6 is 0 Å². The SMILES string of the molecule is O=C(CCc1nc2ccccc2[nH]1)N/N=C/c1cccc(OCc2ccccc2)c1. The molecule has 1 heterocycles. The summed E-state index contributed by atoms with van der Waals surface area (Å²) in [6.45, 7) is 0.500. The number of nitrogens with zero attached hydrogens (tertiary/aromatic N) is 2. The van der Waals surface area contributed by atoms with Gasteiger partial charge in [-0.3, -0.25) is 4.79 Å². The number of benzene rings is 3. The predicted octanol–water partition coefficient (Wildman–Crippen LogP) is 4.22. The smallest absolute Gasteiger partial charge is 0.240 e. The highest BCUT2D eigenvalue weighted by Crippen LogP contribution is 2.14. The number of imidazole rings is 1. The Hall–Kier alpha value is -3.93. The van der Waals surface area contributed by atoms with Gasteiger partial charge in [0.05, 0.1) is 17.2 Å². The molecule has 0 saturated carbocycles. The van der Waals surface area contributed by atoms with E-state index in [2.05, 4.69) is 20.5 Å². The fraction of sp³-hybridized carbons (Fsp3) is 0.125. The minimum absolute atomic E-state index is 0.164. The number of aromatic amines is 1. The summed E-state index contributed by atoms with van der Waals surface area (Å²) in [6, 6.07) is 25.4. The topological polar surface area (TPSA) is 79.4 Å². The Balaban J connectivity index is 1.25. The molecule has 3 aromatic carbocycles. The number of amides is 1. The van der Waals surface area contributed by atoms with Crippen molar-refractivity contribution < 1.29 is 9.53 Å². The van der Waals surface area contributed by atoms with Gasteiger partial charge in [-0.25, -0.2) is 10.4 Å². The summed E-state index contributed by atoms with van der Waals surface area (Å²) in [7, 11) is 0. The van der Waals surface area contributed by atoms with Gasteiger partial charge in [0, 0.05) is 12.8 Å². The van der Waals surface area contributed by atoms with E-state index >= 15 is 0 Å². The maximum Gasteiger partial charge on any atom is 0.240 e. The standard InChI is InChI=1S/C24H22N4O2/c29-24(14-13-23-26-21-11-4-5-12-22(21)27-23)28-25-16-19-9-6-10-20(15-19)30-17-18-7-2-1-3-8-18/h1-12,15-16H,13-14,17H2,(H,26,27)(H,28,29)/b25-16+. The number of aryl methyl sites for hydroxylation is 1. The second-order valence-electron chi connectivity index (χ2n) is 6.84. The van der Waals surface area contributed by atoms with Gasteiger partial charge >= 0.3 is 0 Å². The predicted molar refractivity (Wildman–Crippen MR) is 117 cm³/mol. The highest BCUT2D eigenvalue weighted by molar-refractivity contribution is 5.83. The van der Waals surface area contributed by atoms with E-state index in [-0.39, 0.29) is 5.91 Å². The van der Waals surface area contributed by atoms with Gasteiger partial charge < -0.3 is 9.72 Å². The molecule has 1 aromatic heterocycles. The molecule has 0 aliphatic rings. The third-order valence-corrected chi connectivity index (χ3v) is 4.54. The maximum atomic E-state index is 12.1. The minimum Gasteiger partial charge on any atom is -0.489 e. The van der Waals surface area contributed by atoms with E-state index in [1.54, 1.807) is 6.21 Å². The zero-order chi connectivity index (χ0) is 20.6. The summed E-state index contributed by atoms with van der Waals surface area (Å²) in [4.78, 5) is 19.7. The molecule has 0 saturated heterocycles. The van der Waals surface area contributed by atoms with Crippen LogP contribution in [0.4, 0.5) is 0 Å². The Morgan fingerprint density at radius 2 is 1.87 bits per heavy atom. The molecule has 0 atom stereocenters. The van der Waals surface area contributed by atoms with Gasteiger partial charge in [-0.05, 0) is 35.4 Å². The van der Waals surface area contributed by atoms with Crippen LogP contribution in [0.3, 0.4) is 0 Å².